The van der Waals surface area contributed by atoms with Crippen LogP contribution in [-0.4, -0.2) is 16.1 Å². The van der Waals surface area contributed by atoms with E-state index in [0.29, 0.717) is 0 Å². The maximum Gasteiger partial charge on any atom is 0.0859 e. The molecule has 0 amide bonds. The van der Waals surface area contributed by atoms with Crippen molar-refractivity contribution in [1.82, 2.24) is 0 Å². The van der Waals surface area contributed by atoms with Gasteiger partial charge in [0.1, 0.15) is 0 Å². The molecule has 0 spiro atoms. The van der Waals surface area contributed by atoms with Crippen LogP contribution in [0.15, 0.2) is 35.3 Å². The molecule has 0 aliphatic carbocycles. The van der Waals surface area contributed by atoms with Crippen molar-refractivity contribution in [3.63, 3.8) is 0 Å². The summed E-state index contributed by atoms with van der Waals surface area (Å²) in [6.07, 6.45) is 4.12. The zero-order valence-corrected chi connectivity index (χ0v) is 14.3. The summed E-state index contributed by atoms with van der Waals surface area (Å²) in [6, 6.07) is 10.5. The molecule has 0 saturated heterocycles. The number of rotatable bonds is 6. The lowest BCUT2D eigenvalue weighted by molar-refractivity contribution is 0.558. The molecule has 2 heteroatoms. The van der Waals surface area contributed by atoms with Crippen LogP contribution in [0.25, 0.3) is 0 Å². The first-order valence-corrected chi connectivity index (χ1v) is 7.94. The summed E-state index contributed by atoms with van der Waals surface area (Å²) in [4.78, 5) is 4.46. The van der Waals surface area contributed by atoms with E-state index in [-0.39, 0.29) is 10.4 Å². The summed E-state index contributed by atoms with van der Waals surface area (Å²) in [5.74, 6) is 0. The van der Waals surface area contributed by atoms with Gasteiger partial charge in [-0.15, -0.1) is 11.6 Å². The SMILES string of the molecule is CCCCC(Cl)(Cc1ccccc1)C(C)=NC(C)(C)C. The van der Waals surface area contributed by atoms with E-state index in [1.165, 1.54) is 5.56 Å². The molecule has 0 bridgehead atoms. The predicted molar refractivity (Wildman–Crippen MR) is 91.1 cm³/mol. The van der Waals surface area contributed by atoms with Gasteiger partial charge in [-0.05, 0) is 46.1 Å². The molecule has 0 radical (unpaired) electrons. The second-order valence-corrected chi connectivity index (χ2v) is 7.32. The fourth-order valence-corrected chi connectivity index (χ4v) is 2.71. The number of aliphatic imine (C=N–C) groups is 1. The zero-order valence-electron chi connectivity index (χ0n) is 13.5. The van der Waals surface area contributed by atoms with Crippen molar-refractivity contribution in [1.29, 1.82) is 0 Å². The van der Waals surface area contributed by atoms with Crippen molar-refractivity contribution in [2.45, 2.75) is 70.7 Å². The summed E-state index contributed by atoms with van der Waals surface area (Å²) in [7, 11) is 0. The maximum absolute atomic E-state index is 6.98. The molecule has 1 nitrogen and oxygen atoms in total. The maximum atomic E-state index is 6.98. The highest BCUT2D eigenvalue weighted by molar-refractivity contribution is 6.36. The van der Waals surface area contributed by atoms with Crippen LogP contribution in [0, 0.1) is 0 Å². The fraction of sp³-hybridized carbons (Fsp3) is 0.611. The Labute approximate surface area is 129 Å². The summed E-state index contributed by atoms with van der Waals surface area (Å²) in [6.45, 7) is 10.6. The molecule has 20 heavy (non-hydrogen) atoms. The normalized spacial score (nSPS) is 16.0. The predicted octanol–water partition coefficient (Wildman–Crippen LogP) is 5.66. The quantitative estimate of drug-likeness (QED) is 0.474. The lowest BCUT2D eigenvalue weighted by atomic mass is 9.89. The number of halogens is 1. The molecule has 0 aromatic heterocycles. The molecule has 1 aromatic carbocycles. The lowest BCUT2D eigenvalue weighted by Crippen LogP contribution is -2.35. The molecule has 0 saturated carbocycles. The van der Waals surface area contributed by atoms with E-state index < -0.39 is 0 Å². The standard InChI is InChI=1S/C18H28ClN/c1-6-7-13-18(19,15(2)20-17(3,4)5)14-16-11-9-8-10-12-16/h8-12H,6-7,13-14H2,1-5H3. The van der Waals surface area contributed by atoms with Gasteiger partial charge in [-0.2, -0.15) is 0 Å². The molecule has 0 aliphatic rings. The number of benzene rings is 1. The van der Waals surface area contributed by atoms with E-state index >= 15 is 0 Å². The molecular weight excluding hydrogens is 266 g/mol. The summed E-state index contributed by atoms with van der Waals surface area (Å²) < 4.78 is 0. The highest BCUT2D eigenvalue weighted by atomic mass is 35.5. The smallest absolute Gasteiger partial charge is 0.0859 e. The van der Waals surface area contributed by atoms with Crippen LogP contribution in [0.5, 0.6) is 0 Å². The van der Waals surface area contributed by atoms with Crippen LogP contribution in [0.1, 0.15) is 59.4 Å². The van der Waals surface area contributed by atoms with E-state index in [9.17, 15) is 0 Å². The Morgan fingerprint density at radius 1 is 1.15 bits per heavy atom. The van der Waals surface area contributed by atoms with E-state index in [1.54, 1.807) is 0 Å². The average Bonchev–Trinajstić information content (AvgIpc) is 2.35. The van der Waals surface area contributed by atoms with E-state index in [4.69, 9.17) is 16.6 Å². The molecule has 0 N–H and O–H groups in total. The molecule has 1 atom stereocenters. The third kappa shape index (κ3) is 5.66. The molecule has 112 valence electrons. The minimum absolute atomic E-state index is 0.0763. The Kier molecular flexibility index (Phi) is 6.26. The van der Waals surface area contributed by atoms with Gasteiger partial charge >= 0.3 is 0 Å². The molecule has 1 rings (SSSR count). The van der Waals surface area contributed by atoms with Crippen LogP contribution < -0.4 is 0 Å². The number of hydrogen-bond acceptors (Lipinski definition) is 1. The number of hydrogen-bond donors (Lipinski definition) is 0. The van der Waals surface area contributed by atoms with Crippen LogP contribution in [0.2, 0.25) is 0 Å². The Balaban J connectivity index is 3.00. The van der Waals surface area contributed by atoms with Gasteiger partial charge in [0.05, 0.1) is 10.4 Å². The van der Waals surface area contributed by atoms with Gasteiger partial charge in [-0.1, -0.05) is 50.1 Å². The second-order valence-electron chi connectivity index (χ2n) is 6.60. The number of alkyl halides is 1. The third-order valence-electron chi connectivity index (χ3n) is 3.41. The molecular formula is C18H28ClN. The first-order valence-electron chi connectivity index (χ1n) is 7.56. The molecule has 0 fully saturated rings. The summed E-state index contributed by atoms with van der Waals surface area (Å²) in [5.41, 5.74) is 2.26. The van der Waals surface area contributed by atoms with Gasteiger partial charge in [0, 0.05) is 5.71 Å². The van der Waals surface area contributed by atoms with Crippen molar-refractivity contribution >= 4 is 17.3 Å². The lowest BCUT2D eigenvalue weighted by Gasteiger charge is -2.29. The van der Waals surface area contributed by atoms with Crippen LogP contribution >= 0.6 is 11.6 Å². The largest absolute Gasteiger partial charge is 0.287 e. The third-order valence-corrected chi connectivity index (χ3v) is 4.00. The first kappa shape index (κ1) is 17.2. The zero-order chi connectivity index (χ0) is 15.2. The van der Waals surface area contributed by atoms with Crippen molar-refractivity contribution in [3.8, 4) is 0 Å². The topological polar surface area (TPSA) is 12.4 Å². The fourth-order valence-electron chi connectivity index (χ4n) is 2.38. The molecule has 0 heterocycles. The highest BCUT2D eigenvalue weighted by Crippen LogP contribution is 2.30. The Bertz CT molecular complexity index is 430. The van der Waals surface area contributed by atoms with Gasteiger partial charge in [-0.3, -0.25) is 4.99 Å². The van der Waals surface area contributed by atoms with Crippen molar-refractivity contribution in [2.75, 3.05) is 0 Å². The Morgan fingerprint density at radius 3 is 2.25 bits per heavy atom. The summed E-state index contributed by atoms with van der Waals surface area (Å²) >= 11 is 6.98. The van der Waals surface area contributed by atoms with Gasteiger partial charge in [0.25, 0.3) is 0 Å². The second kappa shape index (κ2) is 7.26. The van der Waals surface area contributed by atoms with Crippen molar-refractivity contribution < 1.29 is 0 Å². The van der Waals surface area contributed by atoms with Crippen LogP contribution in [0.3, 0.4) is 0 Å². The van der Waals surface area contributed by atoms with Crippen LogP contribution in [0.4, 0.5) is 0 Å². The monoisotopic (exact) mass is 293 g/mol. The van der Waals surface area contributed by atoms with E-state index in [1.807, 2.05) is 6.07 Å². The van der Waals surface area contributed by atoms with Gasteiger partial charge in [-0.25, -0.2) is 0 Å². The number of unbranched alkanes of at least 4 members (excludes halogenated alkanes) is 1. The Morgan fingerprint density at radius 2 is 1.75 bits per heavy atom. The number of nitrogens with zero attached hydrogens (tertiary/aromatic N) is 1. The molecule has 0 aliphatic heterocycles. The van der Waals surface area contributed by atoms with Gasteiger partial charge in [0.15, 0.2) is 0 Å². The average molecular weight is 294 g/mol. The summed E-state index contributed by atoms with van der Waals surface area (Å²) in [5, 5.41) is 0. The molecule has 1 unspecified atom stereocenters. The Hall–Kier alpha value is -0.820. The van der Waals surface area contributed by atoms with E-state index in [0.717, 1.165) is 31.4 Å². The van der Waals surface area contributed by atoms with Crippen LogP contribution in [-0.2, 0) is 6.42 Å². The van der Waals surface area contributed by atoms with E-state index in [2.05, 4.69) is 58.9 Å². The highest BCUT2D eigenvalue weighted by Gasteiger charge is 2.31. The minimum atomic E-state index is -0.357. The molecule has 1 aromatic rings. The van der Waals surface area contributed by atoms with Gasteiger partial charge < -0.3 is 0 Å². The first-order chi connectivity index (χ1) is 9.27. The van der Waals surface area contributed by atoms with Gasteiger partial charge in [0.2, 0.25) is 0 Å². The minimum Gasteiger partial charge on any atom is -0.287 e. The van der Waals surface area contributed by atoms with Crippen molar-refractivity contribution in [3.05, 3.63) is 35.9 Å². The van der Waals surface area contributed by atoms with Crippen molar-refractivity contribution in [2.24, 2.45) is 4.99 Å².